The van der Waals surface area contributed by atoms with Gasteiger partial charge in [-0.05, 0) is 26.2 Å². The third-order valence-corrected chi connectivity index (χ3v) is 2.30. The van der Waals surface area contributed by atoms with E-state index in [4.69, 9.17) is 4.74 Å². The van der Waals surface area contributed by atoms with Gasteiger partial charge in [-0.2, -0.15) is 0 Å². The Morgan fingerprint density at radius 2 is 2.12 bits per heavy atom. The lowest BCUT2D eigenvalue weighted by molar-refractivity contribution is 0.391. The topological polar surface area (TPSA) is 38.2 Å². The largest absolute Gasteiger partial charge is 0.497 e. The van der Waals surface area contributed by atoms with E-state index in [1.54, 1.807) is 7.11 Å². The van der Waals surface area contributed by atoms with E-state index in [1.165, 1.54) is 0 Å². The summed E-state index contributed by atoms with van der Waals surface area (Å²) in [6, 6.07) is 5.81. The molecule has 0 saturated carbocycles. The van der Waals surface area contributed by atoms with Gasteiger partial charge in [0.25, 0.3) is 0 Å². The van der Waals surface area contributed by atoms with Crippen molar-refractivity contribution in [3.8, 4) is 5.75 Å². The van der Waals surface area contributed by atoms with Gasteiger partial charge in [-0.25, -0.2) is 9.97 Å². The van der Waals surface area contributed by atoms with Crippen molar-refractivity contribution in [2.75, 3.05) is 21.2 Å². The van der Waals surface area contributed by atoms with Crippen LogP contribution in [0.4, 0.5) is 0 Å². The monoisotopic (exact) mass is 217 g/mol. The molecule has 0 atom stereocenters. The van der Waals surface area contributed by atoms with E-state index in [0.29, 0.717) is 0 Å². The summed E-state index contributed by atoms with van der Waals surface area (Å²) in [6.07, 6.45) is 1.85. The van der Waals surface area contributed by atoms with E-state index < -0.39 is 0 Å². The average molecular weight is 217 g/mol. The van der Waals surface area contributed by atoms with Crippen LogP contribution in [0.1, 0.15) is 5.82 Å². The van der Waals surface area contributed by atoms with Crippen molar-refractivity contribution in [3.05, 3.63) is 30.2 Å². The first-order chi connectivity index (χ1) is 7.69. The molecule has 0 fully saturated rings. The quantitative estimate of drug-likeness (QED) is 0.784. The van der Waals surface area contributed by atoms with E-state index in [0.717, 1.165) is 29.0 Å². The zero-order valence-corrected chi connectivity index (χ0v) is 9.77. The summed E-state index contributed by atoms with van der Waals surface area (Å²) in [4.78, 5) is 10.8. The maximum Gasteiger partial charge on any atom is 0.142 e. The lowest BCUT2D eigenvalue weighted by Crippen LogP contribution is -2.13. The minimum Gasteiger partial charge on any atom is -0.497 e. The van der Waals surface area contributed by atoms with Crippen molar-refractivity contribution in [1.29, 1.82) is 0 Å². The zero-order valence-electron chi connectivity index (χ0n) is 9.77. The van der Waals surface area contributed by atoms with Crippen molar-refractivity contribution in [3.63, 3.8) is 0 Å². The summed E-state index contributed by atoms with van der Waals surface area (Å²) in [5, 5.41) is 1.03. The molecule has 84 valence electrons. The molecule has 0 aliphatic heterocycles. The van der Waals surface area contributed by atoms with E-state index in [-0.39, 0.29) is 0 Å². The first kappa shape index (κ1) is 10.8. The predicted molar refractivity (Wildman–Crippen MR) is 63.5 cm³/mol. The summed E-state index contributed by atoms with van der Waals surface area (Å²) in [6.45, 7) is 0.743. The van der Waals surface area contributed by atoms with Crippen molar-refractivity contribution in [2.45, 2.75) is 6.54 Å². The smallest absolute Gasteiger partial charge is 0.142 e. The molecule has 2 aromatic rings. The minimum absolute atomic E-state index is 0.743. The zero-order chi connectivity index (χ0) is 11.5. The second-order valence-corrected chi connectivity index (χ2v) is 3.95. The molecule has 2 rings (SSSR count). The number of ether oxygens (including phenoxy) is 1. The van der Waals surface area contributed by atoms with E-state index in [9.17, 15) is 0 Å². The van der Waals surface area contributed by atoms with Gasteiger partial charge in [0.15, 0.2) is 0 Å². The van der Waals surface area contributed by atoms with Gasteiger partial charge in [-0.3, -0.25) is 0 Å². The van der Waals surface area contributed by atoms with Crippen LogP contribution in [-0.4, -0.2) is 36.1 Å². The standard InChI is InChI=1S/C12H15N3O/c1-15(2)8-12-13-7-9-4-5-10(16-3)6-11(9)14-12/h4-7H,8H2,1-3H3. The molecule has 0 N–H and O–H groups in total. The van der Waals surface area contributed by atoms with Gasteiger partial charge >= 0.3 is 0 Å². The molecular weight excluding hydrogens is 202 g/mol. The summed E-state index contributed by atoms with van der Waals surface area (Å²) < 4.78 is 5.17. The van der Waals surface area contributed by atoms with Crippen LogP contribution in [0.2, 0.25) is 0 Å². The number of hydrogen-bond acceptors (Lipinski definition) is 4. The SMILES string of the molecule is COc1ccc2cnc(CN(C)C)nc2c1. The number of fused-ring (bicyclic) bond motifs is 1. The second kappa shape index (κ2) is 4.45. The van der Waals surface area contributed by atoms with Gasteiger partial charge < -0.3 is 9.64 Å². The van der Waals surface area contributed by atoms with Crippen LogP contribution >= 0.6 is 0 Å². The van der Waals surface area contributed by atoms with Crippen molar-refractivity contribution >= 4 is 10.9 Å². The maximum atomic E-state index is 5.17. The molecule has 0 spiro atoms. The molecular formula is C12H15N3O. The van der Waals surface area contributed by atoms with Crippen molar-refractivity contribution in [2.24, 2.45) is 0 Å². The second-order valence-electron chi connectivity index (χ2n) is 3.95. The summed E-state index contributed by atoms with van der Waals surface area (Å²) in [5.41, 5.74) is 0.922. The first-order valence-electron chi connectivity index (χ1n) is 5.13. The average Bonchev–Trinajstić information content (AvgIpc) is 2.27. The van der Waals surface area contributed by atoms with Crippen molar-refractivity contribution in [1.82, 2.24) is 14.9 Å². The molecule has 4 nitrogen and oxygen atoms in total. The van der Waals surface area contributed by atoms with Crippen LogP contribution in [0.25, 0.3) is 10.9 Å². The lowest BCUT2D eigenvalue weighted by Gasteiger charge is -2.08. The van der Waals surface area contributed by atoms with E-state index >= 15 is 0 Å². The van der Waals surface area contributed by atoms with Gasteiger partial charge in [0.05, 0.1) is 19.2 Å². The third-order valence-electron chi connectivity index (χ3n) is 2.30. The number of benzene rings is 1. The fourth-order valence-corrected chi connectivity index (χ4v) is 1.53. The molecule has 1 aromatic heterocycles. The molecule has 0 aliphatic carbocycles. The highest BCUT2D eigenvalue weighted by Crippen LogP contribution is 2.18. The molecule has 16 heavy (non-hydrogen) atoms. The minimum atomic E-state index is 0.743. The molecule has 0 radical (unpaired) electrons. The highest BCUT2D eigenvalue weighted by atomic mass is 16.5. The van der Waals surface area contributed by atoms with Crippen LogP contribution in [0.15, 0.2) is 24.4 Å². The number of hydrogen-bond donors (Lipinski definition) is 0. The third kappa shape index (κ3) is 2.28. The van der Waals surface area contributed by atoms with Gasteiger partial charge in [0, 0.05) is 17.6 Å². The van der Waals surface area contributed by atoms with Gasteiger partial charge in [-0.15, -0.1) is 0 Å². The Hall–Kier alpha value is -1.68. The lowest BCUT2D eigenvalue weighted by atomic mass is 10.2. The normalized spacial score (nSPS) is 11.0. The predicted octanol–water partition coefficient (Wildman–Crippen LogP) is 1.70. The highest BCUT2D eigenvalue weighted by Gasteiger charge is 2.02. The Kier molecular flexibility index (Phi) is 3.01. The number of aromatic nitrogens is 2. The molecule has 4 heteroatoms. The molecule has 0 aliphatic rings. The Bertz CT molecular complexity index is 497. The number of nitrogens with zero attached hydrogens (tertiary/aromatic N) is 3. The van der Waals surface area contributed by atoms with Crippen LogP contribution in [0, 0.1) is 0 Å². The maximum absolute atomic E-state index is 5.17. The van der Waals surface area contributed by atoms with Gasteiger partial charge in [-0.1, -0.05) is 0 Å². The van der Waals surface area contributed by atoms with Crippen LogP contribution in [-0.2, 0) is 6.54 Å². The first-order valence-corrected chi connectivity index (χ1v) is 5.13. The van der Waals surface area contributed by atoms with E-state index in [2.05, 4.69) is 9.97 Å². The number of methoxy groups -OCH3 is 1. The van der Waals surface area contributed by atoms with Crippen molar-refractivity contribution < 1.29 is 4.74 Å². The summed E-state index contributed by atoms with van der Waals surface area (Å²) >= 11 is 0. The van der Waals surface area contributed by atoms with Crippen LogP contribution in [0.3, 0.4) is 0 Å². The van der Waals surface area contributed by atoms with Crippen LogP contribution < -0.4 is 4.74 Å². The fourth-order valence-electron chi connectivity index (χ4n) is 1.53. The highest BCUT2D eigenvalue weighted by molar-refractivity contribution is 5.79. The van der Waals surface area contributed by atoms with Gasteiger partial charge in [0.1, 0.15) is 11.6 Å². The van der Waals surface area contributed by atoms with E-state index in [1.807, 2.05) is 43.4 Å². The Labute approximate surface area is 94.9 Å². The molecule has 0 saturated heterocycles. The Morgan fingerprint density at radius 1 is 1.31 bits per heavy atom. The molecule has 1 aromatic carbocycles. The summed E-state index contributed by atoms with van der Waals surface area (Å²) in [7, 11) is 5.65. The molecule has 0 bridgehead atoms. The molecule has 0 amide bonds. The number of rotatable bonds is 3. The Morgan fingerprint density at radius 3 is 2.81 bits per heavy atom. The Balaban J connectivity index is 2.42. The molecule has 0 unspecified atom stereocenters. The van der Waals surface area contributed by atoms with Gasteiger partial charge in [0.2, 0.25) is 0 Å². The fraction of sp³-hybridized carbons (Fsp3) is 0.333. The molecule has 1 heterocycles. The summed E-state index contributed by atoms with van der Waals surface area (Å²) in [5.74, 6) is 1.65. The van der Waals surface area contributed by atoms with Crippen LogP contribution in [0.5, 0.6) is 5.75 Å².